The molecule has 3 N–H and O–H groups in total. The smallest absolute Gasteiger partial charge is 0.323 e. The van der Waals surface area contributed by atoms with Crippen molar-refractivity contribution in [3.63, 3.8) is 0 Å². The molecule has 4 heteroatoms. The lowest BCUT2D eigenvalue weighted by atomic mass is 9.91. The lowest BCUT2D eigenvalue weighted by molar-refractivity contribution is -0.143. The monoisotopic (exact) mass is 242 g/mol. The number of nitrogens with two attached hydrogens (primary N) is 1. The van der Waals surface area contributed by atoms with Gasteiger partial charge in [0, 0.05) is 6.04 Å². The van der Waals surface area contributed by atoms with Crippen LogP contribution in [0.1, 0.15) is 52.4 Å². The quantitative estimate of drug-likeness (QED) is 0.715. The van der Waals surface area contributed by atoms with Crippen molar-refractivity contribution in [3.8, 4) is 0 Å². The van der Waals surface area contributed by atoms with Gasteiger partial charge in [-0.25, -0.2) is 0 Å². The van der Waals surface area contributed by atoms with Crippen molar-refractivity contribution in [2.75, 3.05) is 13.1 Å². The first-order valence-corrected chi connectivity index (χ1v) is 6.79. The van der Waals surface area contributed by atoms with Gasteiger partial charge < -0.3 is 15.7 Å². The average molecular weight is 242 g/mol. The van der Waals surface area contributed by atoms with Crippen LogP contribution in [-0.2, 0) is 4.79 Å². The summed E-state index contributed by atoms with van der Waals surface area (Å²) in [6, 6.07) is 0.702. The molecule has 1 rings (SSSR count). The molecule has 0 saturated carbocycles. The highest BCUT2D eigenvalue weighted by Crippen LogP contribution is 2.21. The molecule has 17 heavy (non-hydrogen) atoms. The second-order valence-corrected chi connectivity index (χ2v) is 5.16. The van der Waals surface area contributed by atoms with E-state index in [1.165, 1.54) is 19.3 Å². The first-order chi connectivity index (χ1) is 8.03. The molecular weight excluding hydrogens is 216 g/mol. The summed E-state index contributed by atoms with van der Waals surface area (Å²) in [6.07, 6.45) is 5.72. The standard InChI is InChI=1S/C13H26N2O2/c1-3-11-7-5-9-15(11)10-6-8-13(14,4-2)12(16)17/h11H,3-10,14H2,1-2H3,(H,16,17). The van der Waals surface area contributed by atoms with E-state index in [9.17, 15) is 4.79 Å². The van der Waals surface area contributed by atoms with Crippen molar-refractivity contribution in [2.45, 2.75) is 64.0 Å². The number of carboxylic acids is 1. The molecule has 0 aromatic heterocycles. The van der Waals surface area contributed by atoms with Gasteiger partial charge in [-0.15, -0.1) is 0 Å². The van der Waals surface area contributed by atoms with Crippen LogP contribution >= 0.6 is 0 Å². The summed E-state index contributed by atoms with van der Waals surface area (Å²) < 4.78 is 0. The molecule has 0 spiro atoms. The van der Waals surface area contributed by atoms with E-state index in [1.54, 1.807) is 0 Å². The van der Waals surface area contributed by atoms with Crippen molar-refractivity contribution in [1.29, 1.82) is 0 Å². The number of hydrogen-bond donors (Lipinski definition) is 2. The number of carbonyl (C=O) groups is 1. The Morgan fingerprint density at radius 2 is 2.24 bits per heavy atom. The first kappa shape index (κ1) is 14.5. The second kappa shape index (κ2) is 6.36. The Morgan fingerprint density at radius 3 is 2.76 bits per heavy atom. The van der Waals surface area contributed by atoms with Crippen molar-refractivity contribution >= 4 is 5.97 Å². The minimum atomic E-state index is -1.03. The fraction of sp³-hybridized carbons (Fsp3) is 0.923. The van der Waals surface area contributed by atoms with Gasteiger partial charge in [0.05, 0.1) is 0 Å². The SMILES string of the molecule is CCC1CCCN1CCCC(N)(CC)C(=O)O. The van der Waals surface area contributed by atoms with E-state index in [2.05, 4.69) is 11.8 Å². The molecule has 1 saturated heterocycles. The van der Waals surface area contributed by atoms with Crippen LogP contribution in [0, 0.1) is 0 Å². The van der Waals surface area contributed by atoms with E-state index < -0.39 is 11.5 Å². The molecule has 0 amide bonds. The van der Waals surface area contributed by atoms with Gasteiger partial charge in [0.15, 0.2) is 0 Å². The van der Waals surface area contributed by atoms with Crippen molar-refractivity contribution < 1.29 is 9.90 Å². The molecule has 1 aliphatic rings. The van der Waals surface area contributed by atoms with E-state index in [0.717, 1.165) is 19.5 Å². The van der Waals surface area contributed by atoms with Gasteiger partial charge in [0.2, 0.25) is 0 Å². The normalized spacial score (nSPS) is 24.8. The summed E-state index contributed by atoms with van der Waals surface area (Å²) in [7, 11) is 0. The minimum Gasteiger partial charge on any atom is -0.480 e. The summed E-state index contributed by atoms with van der Waals surface area (Å²) in [5, 5.41) is 9.08. The van der Waals surface area contributed by atoms with Crippen LogP contribution in [0.3, 0.4) is 0 Å². The number of nitrogens with zero attached hydrogens (tertiary/aromatic N) is 1. The van der Waals surface area contributed by atoms with E-state index in [4.69, 9.17) is 10.8 Å². The summed E-state index contributed by atoms with van der Waals surface area (Å²) in [5.41, 5.74) is 4.85. The number of hydrogen-bond acceptors (Lipinski definition) is 3. The summed E-state index contributed by atoms with van der Waals surface area (Å²) in [6.45, 7) is 6.22. The molecular formula is C13H26N2O2. The molecule has 0 radical (unpaired) electrons. The Balaban J connectivity index is 2.34. The lowest BCUT2D eigenvalue weighted by Crippen LogP contribution is -2.47. The zero-order valence-corrected chi connectivity index (χ0v) is 11.1. The summed E-state index contributed by atoms with van der Waals surface area (Å²) in [5.74, 6) is -0.867. The Labute approximate surface area is 104 Å². The molecule has 0 aliphatic carbocycles. The van der Waals surface area contributed by atoms with Gasteiger partial charge in [-0.05, 0) is 51.6 Å². The second-order valence-electron chi connectivity index (χ2n) is 5.16. The Kier molecular flexibility index (Phi) is 5.40. The Morgan fingerprint density at radius 1 is 1.53 bits per heavy atom. The summed E-state index contributed by atoms with van der Waals surface area (Å²) in [4.78, 5) is 13.5. The Bertz CT molecular complexity index is 258. The molecule has 0 aromatic rings. The maximum absolute atomic E-state index is 11.1. The van der Waals surface area contributed by atoms with Crippen LogP contribution in [0.2, 0.25) is 0 Å². The molecule has 0 aromatic carbocycles. The third kappa shape index (κ3) is 3.68. The molecule has 1 aliphatic heterocycles. The largest absolute Gasteiger partial charge is 0.480 e. The average Bonchev–Trinajstić information content (AvgIpc) is 2.76. The van der Waals surface area contributed by atoms with Gasteiger partial charge in [-0.1, -0.05) is 13.8 Å². The van der Waals surface area contributed by atoms with Gasteiger partial charge in [-0.3, -0.25) is 4.79 Å². The molecule has 0 bridgehead atoms. The molecule has 2 unspecified atom stereocenters. The number of aliphatic carboxylic acids is 1. The highest BCUT2D eigenvalue weighted by molar-refractivity contribution is 5.78. The highest BCUT2D eigenvalue weighted by Gasteiger charge is 2.31. The fourth-order valence-electron chi connectivity index (χ4n) is 2.68. The zero-order valence-electron chi connectivity index (χ0n) is 11.1. The lowest BCUT2D eigenvalue weighted by Gasteiger charge is -2.27. The van der Waals surface area contributed by atoms with Gasteiger partial charge >= 0.3 is 5.97 Å². The number of rotatable bonds is 7. The van der Waals surface area contributed by atoms with Crippen LogP contribution < -0.4 is 5.73 Å². The topological polar surface area (TPSA) is 66.6 Å². The van der Waals surface area contributed by atoms with Gasteiger partial charge in [0.1, 0.15) is 5.54 Å². The van der Waals surface area contributed by atoms with Crippen LogP contribution in [0.4, 0.5) is 0 Å². The molecule has 2 atom stereocenters. The van der Waals surface area contributed by atoms with E-state index >= 15 is 0 Å². The van der Waals surface area contributed by atoms with Crippen LogP contribution in [0.25, 0.3) is 0 Å². The zero-order chi connectivity index (χ0) is 12.9. The van der Waals surface area contributed by atoms with E-state index in [0.29, 0.717) is 18.9 Å². The van der Waals surface area contributed by atoms with Crippen LogP contribution in [0.15, 0.2) is 0 Å². The third-order valence-electron chi connectivity index (χ3n) is 4.10. The molecule has 4 nitrogen and oxygen atoms in total. The third-order valence-corrected chi connectivity index (χ3v) is 4.10. The van der Waals surface area contributed by atoms with Crippen molar-refractivity contribution in [2.24, 2.45) is 5.73 Å². The van der Waals surface area contributed by atoms with Gasteiger partial charge in [0.25, 0.3) is 0 Å². The maximum Gasteiger partial charge on any atom is 0.323 e. The highest BCUT2D eigenvalue weighted by atomic mass is 16.4. The van der Waals surface area contributed by atoms with Gasteiger partial charge in [-0.2, -0.15) is 0 Å². The Hall–Kier alpha value is -0.610. The van der Waals surface area contributed by atoms with Crippen molar-refractivity contribution in [3.05, 3.63) is 0 Å². The predicted octanol–water partition coefficient (Wildman–Crippen LogP) is 1.83. The van der Waals surface area contributed by atoms with E-state index in [-0.39, 0.29) is 0 Å². The number of carboxylic acid groups (broad SMARTS) is 1. The van der Waals surface area contributed by atoms with Crippen molar-refractivity contribution in [1.82, 2.24) is 4.90 Å². The van der Waals surface area contributed by atoms with Crippen LogP contribution in [-0.4, -0.2) is 40.6 Å². The molecule has 1 fully saturated rings. The predicted molar refractivity (Wildman–Crippen MR) is 69.0 cm³/mol. The minimum absolute atomic E-state index is 0.500. The number of likely N-dealkylation sites (tertiary alicyclic amines) is 1. The van der Waals surface area contributed by atoms with E-state index in [1.807, 2.05) is 6.92 Å². The van der Waals surface area contributed by atoms with Crippen LogP contribution in [0.5, 0.6) is 0 Å². The summed E-state index contributed by atoms with van der Waals surface area (Å²) >= 11 is 0. The fourth-order valence-corrected chi connectivity index (χ4v) is 2.68. The first-order valence-electron chi connectivity index (χ1n) is 6.79. The molecule has 100 valence electrons. The maximum atomic E-state index is 11.1. The molecule has 1 heterocycles.